The number of hydrogen-bond donors (Lipinski definition) is 1. The molecule has 1 unspecified atom stereocenters. The van der Waals surface area contributed by atoms with Crippen molar-refractivity contribution in [3.63, 3.8) is 0 Å². The van der Waals surface area contributed by atoms with Gasteiger partial charge in [-0.15, -0.1) is 0 Å². The number of carboxylic acid groups (broad SMARTS) is 1. The van der Waals surface area contributed by atoms with Gasteiger partial charge in [-0.2, -0.15) is 0 Å². The molecule has 0 saturated carbocycles. The zero-order valence-corrected chi connectivity index (χ0v) is 11.2. The normalized spacial score (nSPS) is 25.3. The number of piperidine rings is 1. The number of carbonyl (C=O) groups excluding carboxylic acids is 1. The Bertz CT molecular complexity index is 329. The third kappa shape index (κ3) is 3.91. The Balaban J connectivity index is 1.81. The van der Waals surface area contributed by atoms with E-state index in [9.17, 15) is 9.59 Å². The molecule has 2 saturated heterocycles. The van der Waals surface area contributed by atoms with Gasteiger partial charge in [0.2, 0.25) is 5.91 Å². The first-order valence-corrected chi connectivity index (χ1v) is 7.01. The standard InChI is InChI=1S/C13H22N2O4/c16-12(4-6-14-7-9-19-10-8-14)15-5-2-1-3-11(15)13(17)18/h11H,1-10H2,(H,17,18). The Hall–Kier alpha value is -1.14. The second-order valence-corrected chi connectivity index (χ2v) is 5.14. The molecule has 6 nitrogen and oxygen atoms in total. The van der Waals surface area contributed by atoms with Crippen LogP contribution < -0.4 is 0 Å². The summed E-state index contributed by atoms with van der Waals surface area (Å²) < 4.78 is 5.26. The van der Waals surface area contributed by atoms with Crippen LogP contribution in [0.1, 0.15) is 25.7 Å². The van der Waals surface area contributed by atoms with E-state index in [1.807, 2.05) is 0 Å². The lowest BCUT2D eigenvalue weighted by molar-refractivity contribution is -0.152. The fourth-order valence-electron chi connectivity index (χ4n) is 2.71. The molecule has 19 heavy (non-hydrogen) atoms. The van der Waals surface area contributed by atoms with E-state index in [2.05, 4.69) is 4.90 Å². The largest absolute Gasteiger partial charge is 0.480 e. The fourth-order valence-corrected chi connectivity index (χ4v) is 2.71. The first-order chi connectivity index (χ1) is 9.18. The van der Waals surface area contributed by atoms with Crippen LogP contribution in [0.25, 0.3) is 0 Å². The number of ether oxygens (including phenoxy) is 1. The smallest absolute Gasteiger partial charge is 0.326 e. The Morgan fingerprint density at radius 3 is 2.58 bits per heavy atom. The Kier molecular flexibility index (Phi) is 5.15. The molecule has 108 valence electrons. The average Bonchev–Trinajstić information content (AvgIpc) is 2.46. The Morgan fingerprint density at radius 2 is 1.89 bits per heavy atom. The molecule has 1 amide bonds. The van der Waals surface area contributed by atoms with Gasteiger partial charge >= 0.3 is 5.97 Å². The van der Waals surface area contributed by atoms with Crippen molar-refractivity contribution in [3.05, 3.63) is 0 Å². The lowest BCUT2D eigenvalue weighted by atomic mass is 10.0. The van der Waals surface area contributed by atoms with Gasteiger partial charge < -0.3 is 14.7 Å². The van der Waals surface area contributed by atoms with Crippen LogP contribution in [0.2, 0.25) is 0 Å². The van der Waals surface area contributed by atoms with E-state index in [1.54, 1.807) is 4.90 Å². The van der Waals surface area contributed by atoms with Crippen LogP contribution in [-0.2, 0) is 14.3 Å². The van der Waals surface area contributed by atoms with Crippen molar-refractivity contribution in [2.24, 2.45) is 0 Å². The predicted molar refractivity (Wildman–Crippen MR) is 68.9 cm³/mol. The van der Waals surface area contributed by atoms with Crippen molar-refractivity contribution in [2.75, 3.05) is 39.4 Å². The molecule has 6 heteroatoms. The number of carboxylic acids is 1. The highest BCUT2D eigenvalue weighted by molar-refractivity contribution is 5.83. The van der Waals surface area contributed by atoms with Gasteiger partial charge in [-0.25, -0.2) is 4.79 Å². The second kappa shape index (κ2) is 6.86. The summed E-state index contributed by atoms with van der Waals surface area (Å²) in [6, 6.07) is -0.620. The predicted octanol–water partition coefficient (Wildman–Crippen LogP) is 0.174. The molecule has 0 radical (unpaired) electrons. The number of rotatable bonds is 4. The summed E-state index contributed by atoms with van der Waals surface area (Å²) in [6.07, 6.45) is 2.79. The molecule has 2 aliphatic heterocycles. The SMILES string of the molecule is O=C(O)C1CCCCN1C(=O)CCN1CCOCC1. The number of hydrogen-bond acceptors (Lipinski definition) is 4. The third-order valence-electron chi connectivity index (χ3n) is 3.85. The van der Waals surface area contributed by atoms with Crippen molar-refractivity contribution in [2.45, 2.75) is 31.7 Å². The lowest BCUT2D eigenvalue weighted by Gasteiger charge is -2.34. The second-order valence-electron chi connectivity index (χ2n) is 5.14. The van der Waals surface area contributed by atoms with Crippen LogP contribution in [0.5, 0.6) is 0 Å². The van der Waals surface area contributed by atoms with Crippen molar-refractivity contribution >= 4 is 11.9 Å². The van der Waals surface area contributed by atoms with E-state index in [4.69, 9.17) is 9.84 Å². The van der Waals surface area contributed by atoms with E-state index in [1.165, 1.54) is 0 Å². The molecule has 0 aromatic heterocycles. The molecule has 2 rings (SSSR count). The molecule has 0 aromatic rings. The number of aliphatic carboxylic acids is 1. The minimum atomic E-state index is -0.876. The number of carbonyl (C=O) groups is 2. The highest BCUT2D eigenvalue weighted by atomic mass is 16.5. The molecule has 0 bridgehead atoms. The molecule has 0 spiro atoms. The van der Waals surface area contributed by atoms with Crippen LogP contribution in [0, 0.1) is 0 Å². The molecular weight excluding hydrogens is 248 g/mol. The summed E-state index contributed by atoms with van der Waals surface area (Å²) in [7, 11) is 0. The van der Waals surface area contributed by atoms with Gasteiger partial charge in [-0.05, 0) is 19.3 Å². The summed E-state index contributed by atoms with van der Waals surface area (Å²) in [5, 5.41) is 9.15. The van der Waals surface area contributed by atoms with Gasteiger partial charge in [0.15, 0.2) is 0 Å². The molecule has 0 aromatic carbocycles. The van der Waals surface area contributed by atoms with E-state index < -0.39 is 12.0 Å². The van der Waals surface area contributed by atoms with Crippen LogP contribution in [-0.4, -0.2) is 72.2 Å². The minimum Gasteiger partial charge on any atom is -0.480 e. The topological polar surface area (TPSA) is 70.1 Å². The Morgan fingerprint density at radius 1 is 1.16 bits per heavy atom. The van der Waals surface area contributed by atoms with Gasteiger partial charge in [0, 0.05) is 32.6 Å². The zero-order valence-electron chi connectivity index (χ0n) is 11.2. The molecule has 2 heterocycles. The highest BCUT2D eigenvalue weighted by Gasteiger charge is 2.31. The van der Waals surface area contributed by atoms with Crippen molar-refractivity contribution in [1.82, 2.24) is 9.80 Å². The summed E-state index contributed by atoms with van der Waals surface area (Å²) in [5.74, 6) is -0.905. The maximum absolute atomic E-state index is 12.2. The quantitative estimate of drug-likeness (QED) is 0.789. The van der Waals surface area contributed by atoms with Crippen LogP contribution >= 0.6 is 0 Å². The first kappa shape index (κ1) is 14.3. The maximum atomic E-state index is 12.2. The number of morpholine rings is 1. The fraction of sp³-hybridized carbons (Fsp3) is 0.846. The molecule has 2 fully saturated rings. The van der Waals surface area contributed by atoms with Crippen molar-refractivity contribution in [1.29, 1.82) is 0 Å². The lowest BCUT2D eigenvalue weighted by Crippen LogP contribution is -2.49. The average molecular weight is 270 g/mol. The summed E-state index contributed by atoms with van der Waals surface area (Å²) in [5.41, 5.74) is 0. The number of amides is 1. The van der Waals surface area contributed by atoms with E-state index in [-0.39, 0.29) is 5.91 Å². The van der Waals surface area contributed by atoms with E-state index in [0.29, 0.717) is 25.9 Å². The van der Waals surface area contributed by atoms with Gasteiger partial charge in [-0.3, -0.25) is 9.69 Å². The van der Waals surface area contributed by atoms with Gasteiger partial charge in [0.25, 0.3) is 0 Å². The first-order valence-electron chi connectivity index (χ1n) is 7.01. The minimum absolute atomic E-state index is 0.0291. The molecule has 0 aliphatic carbocycles. The van der Waals surface area contributed by atoms with Gasteiger partial charge in [0.05, 0.1) is 13.2 Å². The molecule has 1 N–H and O–H groups in total. The van der Waals surface area contributed by atoms with Crippen LogP contribution in [0.4, 0.5) is 0 Å². The number of nitrogens with zero attached hydrogens (tertiary/aromatic N) is 2. The highest BCUT2D eigenvalue weighted by Crippen LogP contribution is 2.18. The van der Waals surface area contributed by atoms with Gasteiger partial charge in [0.1, 0.15) is 6.04 Å². The summed E-state index contributed by atoms with van der Waals surface area (Å²) in [4.78, 5) is 27.1. The van der Waals surface area contributed by atoms with Crippen molar-refractivity contribution in [3.8, 4) is 0 Å². The van der Waals surface area contributed by atoms with Crippen LogP contribution in [0.15, 0.2) is 0 Å². The monoisotopic (exact) mass is 270 g/mol. The maximum Gasteiger partial charge on any atom is 0.326 e. The molecule has 2 aliphatic rings. The number of likely N-dealkylation sites (tertiary alicyclic amines) is 1. The Labute approximate surface area is 113 Å². The third-order valence-corrected chi connectivity index (χ3v) is 3.85. The van der Waals surface area contributed by atoms with Crippen molar-refractivity contribution < 1.29 is 19.4 Å². The summed E-state index contributed by atoms with van der Waals surface area (Å²) >= 11 is 0. The van der Waals surface area contributed by atoms with Crippen LogP contribution in [0.3, 0.4) is 0 Å². The molecular formula is C13H22N2O4. The molecule has 1 atom stereocenters. The van der Waals surface area contributed by atoms with Gasteiger partial charge in [-0.1, -0.05) is 0 Å². The van der Waals surface area contributed by atoms with E-state index >= 15 is 0 Å². The van der Waals surface area contributed by atoms with E-state index in [0.717, 1.165) is 39.1 Å². The summed E-state index contributed by atoms with van der Waals surface area (Å²) in [6.45, 7) is 4.43. The zero-order chi connectivity index (χ0) is 13.7.